The van der Waals surface area contributed by atoms with Gasteiger partial charge in [-0.1, -0.05) is 6.07 Å². The van der Waals surface area contributed by atoms with Crippen molar-refractivity contribution in [2.75, 3.05) is 23.5 Å². The zero-order chi connectivity index (χ0) is 21.4. The van der Waals surface area contributed by atoms with Crippen LogP contribution < -0.4 is 21.1 Å². The highest BCUT2D eigenvalue weighted by atomic mass is 16.5. The Balaban J connectivity index is 1.39. The number of rotatable bonds is 4. The van der Waals surface area contributed by atoms with Crippen molar-refractivity contribution in [2.24, 2.45) is 0 Å². The molecule has 2 aromatic heterocycles. The lowest BCUT2D eigenvalue weighted by molar-refractivity contribution is 0.262. The average molecular weight is 414 g/mol. The summed E-state index contributed by atoms with van der Waals surface area (Å²) in [6.07, 6.45) is 4.61. The Labute approximate surface area is 179 Å². The van der Waals surface area contributed by atoms with Gasteiger partial charge in [0.25, 0.3) is 0 Å². The molecule has 8 nitrogen and oxygen atoms in total. The van der Waals surface area contributed by atoms with Crippen molar-refractivity contribution >= 4 is 34.3 Å². The highest BCUT2D eigenvalue weighted by molar-refractivity contribution is 6.00. The number of urea groups is 1. The van der Waals surface area contributed by atoms with E-state index in [0.29, 0.717) is 22.9 Å². The predicted molar refractivity (Wildman–Crippen MR) is 121 cm³/mol. The van der Waals surface area contributed by atoms with Gasteiger partial charge in [-0.05, 0) is 61.2 Å². The molecule has 2 amide bonds. The topological polar surface area (TPSA) is 107 Å². The summed E-state index contributed by atoms with van der Waals surface area (Å²) in [4.78, 5) is 21.0. The molecule has 0 aliphatic heterocycles. The summed E-state index contributed by atoms with van der Waals surface area (Å²) in [6.45, 7) is 0. The number of nitrogen functional groups attached to an aromatic ring is 1. The predicted octanol–water partition coefficient (Wildman–Crippen LogP) is 4.14. The number of carbonyl (C=O) groups is 1. The number of hydrogen-bond donors (Lipinski definition) is 3. The third-order valence-electron chi connectivity index (χ3n) is 5.53. The van der Waals surface area contributed by atoms with Crippen LogP contribution in [0.15, 0.2) is 54.9 Å². The van der Waals surface area contributed by atoms with Crippen LogP contribution in [0.1, 0.15) is 17.7 Å². The number of hydrogen-bond acceptors (Lipinski definition) is 5. The van der Waals surface area contributed by atoms with Gasteiger partial charge in [0.15, 0.2) is 5.82 Å². The normalized spacial score (nSPS) is 12.5. The maximum absolute atomic E-state index is 12.4. The van der Waals surface area contributed by atoms with E-state index in [1.165, 1.54) is 17.6 Å². The molecule has 0 fully saturated rings. The number of amides is 2. The quantitative estimate of drug-likeness (QED) is 0.465. The van der Waals surface area contributed by atoms with Crippen LogP contribution in [0.2, 0.25) is 0 Å². The van der Waals surface area contributed by atoms with Gasteiger partial charge < -0.3 is 25.7 Å². The van der Waals surface area contributed by atoms with Crippen molar-refractivity contribution in [1.29, 1.82) is 0 Å². The Hall–Kier alpha value is -4.07. The summed E-state index contributed by atoms with van der Waals surface area (Å²) in [6, 6.07) is 14.5. The van der Waals surface area contributed by atoms with E-state index in [9.17, 15) is 4.79 Å². The third-order valence-corrected chi connectivity index (χ3v) is 5.53. The molecule has 0 bridgehead atoms. The number of ether oxygens (including phenoxy) is 1. The second-order valence-electron chi connectivity index (χ2n) is 7.43. The number of aryl methyl sites for hydroxylation is 1. The third kappa shape index (κ3) is 3.42. The lowest BCUT2D eigenvalue weighted by Crippen LogP contribution is -2.19. The molecule has 0 radical (unpaired) electrons. The van der Waals surface area contributed by atoms with Crippen LogP contribution in [-0.2, 0) is 12.8 Å². The standard InChI is InChI=1S/C23H22N6O2/c1-31-17-5-2-4-15(12-17)28-23(30)27-14-8-10-16(11-9-14)29-19-7-3-6-18(19)20-21(29)22(24)26-13-25-20/h2,4-5,8-13H,3,6-7H2,1H3,(H2,24,25,26)(H2,27,28,30). The lowest BCUT2D eigenvalue weighted by atomic mass is 10.2. The first-order valence-corrected chi connectivity index (χ1v) is 10.1. The fraction of sp³-hybridized carbons (Fsp3) is 0.174. The molecule has 0 saturated heterocycles. The molecule has 5 rings (SSSR count). The molecular weight excluding hydrogens is 392 g/mol. The lowest BCUT2D eigenvalue weighted by Gasteiger charge is -2.12. The van der Waals surface area contributed by atoms with E-state index < -0.39 is 0 Å². The number of methoxy groups -OCH3 is 1. The minimum atomic E-state index is -0.328. The van der Waals surface area contributed by atoms with Gasteiger partial charge in [-0.2, -0.15) is 0 Å². The van der Waals surface area contributed by atoms with Crippen LogP contribution in [0.3, 0.4) is 0 Å². The summed E-state index contributed by atoms with van der Waals surface area (Å²) >= 11 is 0. The van der Waals surface area contributed by atoms with E-state index in [2.05, 4.69) is 25.2 Å². The van der Waals surface area contributed by atoms with Crippen LogP contribution >= 0.6 is 0 Å². The molecule has 4 aromatic rings. The molecule has 2 heterocycles. The number of fused-ring (bicyclic) bond motifs is 3. The van der Waals surface area contributed by atoms with Crippen LogP contribution in [-0.4, -0.2) is 27.7 Å². The first-order chi connectivity index (χ1) is 15.1. The van der Waals surface area contributed by atoms with Crippen molar-refractivity contribution in [2.45, 2.75) is 19.3 Å². The molecular formula is C23H22N6O2. The highest BCUT2D eigenvalue weighted by Crippen LogP contribution is 2.36. The number of nitrogens with zero attached hydrogens (tertiary/aromatic N) is 3. The molecule has 2 aromatic carbocycles. The average Bonchev–Trinajstić information content (AvgIpc) is 3.36. The van der Waals surface area contributed by atoms with Gasteiger partial charge in [0.2, 0.25) is 0 Å². The molecule has 156 valence electrons. The first-order valence-electron chi connectivity index (χ1n) is 10.1. The first kappa shape index (κ1) is 18.9. The SMILES string of the molecule is COc1cccc(NC(=O)Nc2ccc(-n3c4c(c5ncnc(N)c53)CCC4)cc2)c1. The van der Waals surface area contributed by atoms with E-state index in [4.69, 9.17) is 10.5 Å². The summed E-state index contributed by atoms with van der Waals surface area (Å²) in [5.74, 6) is 1.15. The zero-order valence-electron chi connectivity index (χ0n) is 17.1. The fourth-order valence-corrected chi connectivity index (χ4v) is 4.17. The summed E-state index contributed by atoms with van der Waals surface area (Å²) in [5.41, 5.74) is 12.8. The summed E-state index contributed by atoms with van der Waals surface area (Å²) < 4.78 is 7.33. The van der Waals surface area contributed by atoms with Crippen LogP contribution in [0.25, 0.3) is 16.7 Å². The van der Waals surface area contributed by atoms with E-state index >= 15 is 0 Å². The van der Waals surface area contributed by atoms with Gasteiger partial charge in [0.05, 0.1) is 12.6 Å². The summed E-state index contributed by atoms with van der Waals surface area (Å²) in [5, 5.41) is 5.66. The van der Waals surface area contributed by atoms with Crippen molar-refractivity contribution in [3.8, 4) is 11.4 Å². The molecule has 1 aliphatic rings. The smallest absolute Gasteiger partial charge is 0.323 e. The maximum Gasteiger partial charge on any atom is 0.323 e. The van der Waals surface area contributed by atoms with Gasteiger partial charge in [0.1, 0.15) is 17.6 Å². The molecule has 0 spiro atoms. The van der Waals surface area contributed by atoms with Crippen molar-refractivity contribution in [3.05, 3.63) is 66.1 Å². The molecule has 1 aliphatic carbocycles. The Morgan fingerprint density at radius 2 is 1.87 bits per heavy atom. The Bertz CT molecular complexity index is 1280. The Kier molecular flexibility index (Phi) is 4.66. The molecule has 0 atom stereocenters. The van der Waals surface area contributed by atoms with Crippen LogP contribution in [0.5, 0.6) is 5.75 Å². The number of nitrogens with two attached hydrogens (primary N) is 1. The zero-order valence-corrected chi connectivity index (χ0v) is 17.1. The minimum Gasteiger partial charge on any atom is -0.497 e. The molecule has 31 heavy (non-hydrogen) atoms. The monoisotopic (exact) mass is 414 g/mol. The largest absolute Gasteiger partial charge is 0.497 e. The second-order valence-corrected chi connectivity index (χ2v) is 7.43. The number of benzene rings is 2. The van der Waals surface area contributed by atoms with Crippen molar-refractivity contribution < 1.29 is 9.53 Å². The molecule has 4 N–H and O–H groups in total. The van der Waals surface area contributed by atoms with Gasteiger partial charge in [-0.3, -0.25) is 0 Å². The number of aromatic nitrogens is 3. The van der Waals surface area contributed by atoms with Crippen molar-refractivity contribution in [1.82, 2.24) is 14.5 Å². The Morgan fingerprint density at radius 3 is 2.68 bits per heavy atom. The maximum atomic E-state index is 12.4. The van der Waals surface area contributed by atoms with Crippen LogP contribution in [0, 0.1) is 0 Å². The number of anilines is 3. The second kappa shape index (κ2) is 7.64. The highest BCUT2D eigenvalue weighted by Gasteiger charge is 2.25. The van der Waals surface area contributed by atoms with E-state index in [1.807, 2.05) is 36.4 Å². The van der Waals surface area contributed by atoms with Crippen molar-refractivity contribution in [3.63, 3.8) is 0 Å². The minimum absolute atomic E-state index is 0.328. The Morgan fingerprint density at radius 1 is 1.06 bits per heavy atom. The molecule has 0 unspecified atom stereocenters. The summed E-state index contributed by atoms with van der Waals surface area (Å²) in [7, 11) is 1.59. The van der Waals surface area contributed by atoms with Gasteiger partial charge in [-0.25, -0.2) is 14.8 Å². The van der Waals surface area contributed by atoms with Crippen LogP contribution in [0.4, 0.5) is 22.0 Å². The number of nitrogens with one attached hydrogen (secondary N) is 2. The van der Waals surface area contributed by atoms with E-state index in [1.54, 1.807) is 19.2 Å². The van der Waals surface area contributed by atoms with Gasteiger partial charge in [-0.15, -0.1) is 0 Å². The number of carbonyl (C=O) groups excluding carboxylic acids is 1. The van der Waals surface area contributed by atoms with Gasteiger partial charge >= 0.3 is 6.03 Å². The fourth-order valence-electron chi connectivity index (χ4n) is 4.17. The molecule has 0 saturated carbocycles. The van der Waals surface area contributed by atoms with Gasteiger partial charge in [0, 0.05) is 28.8 Å². The molecule has 8 heteroatoms. The van der Waals surface area contributed by atoms with E-state index in [-0.39, 0.29) is 6.03 Å². The van der Waals surface area contributed by atoms with E-state index in [0.717, 1.165) is 36.0 Å².